The lowest BCUT2D eigenvalue weighted by atomic mass is 10.2. The van der Waals surface area contributed by atoms with Gasteiger partial charge in [0.05, 0.1) is 9.82 Å². The van der Waals surface area contributed by atoms with Gasteiger partial charge in [0, 0.05) is 26.2 Å². The maximum Gasteiger partial charge on any atom is 0.311 e. The van der Waals surface area contributed by atoms with Gasteiger partial charge in [-0.2, -0.15) is 0 Å². The van der Waals surface area contributed by atoms with Crippen LogP contribution in [-0.4, -0.2) is 31.7 Å². The van der Waals surface area contributed by atoms with E-state index in [0.717, 1.165) is 22.5 Å². The summed E-state index contributed by atoms with van der Waals surface area (Å²) in [6, 6.07) is 8.88. The molecular formula is C15H15FN2O5S. The summed E-state index contributed by atoms with van der Waals surface area (Å²) >= 11 is 0. The molecule has 0 N–H and O–H groups in total. The minimum Gasteiger partial charge on any atom is -0.482 e. The van der Waals surface area contributed by atoms with Gasteiger partial charge in [-0.25, -0.2) is 17.1 Å². The molecule has 2 aromatic rings. The third kappa shape index (κ3) is 3.87. The van der Waals surface area contributed by atoms with E-state index in [1.54, 1.807) is 6.07 Å². The molecule has 128 valence electrons. The summed E-state index contributed by atoms with van der Waals surface area (Å²) < 4.78 is 43.8. The highest BCUT2D eigenvalue weighted by atomic mass is 32.2. The van der Waals surface area contributed by atoms with Crippen LogP contribution in [0.5, 0.6) is 5.75 Å². The van der Waals surface area contributed by atoms with Crippen molar-refractivity contribution < 1.29 is 22.5 Å². The summed E-state index contributed by atoms with van der Waals surface area (Å²) in [6.45, 7) is -0.138. The molecule has 0 fully saturated rings. The van der Waals surface area contributed by atoms with E-state index in [9.17, 15) is 22.9 Å². The summed E-state index contributed by atoms with van der Waals surface area (Å²) in [5.74, 6) is -0.889. The number of hydrogen-bond donors (Lipinski definition) is 0. The van der Waals surface area contributed by atoms with E-state index in [0.29, 0.717) is 5.56 Å². The second-order valence-corrected chi connectivity index (χ2v) is 7.24. The summed E-state index contributed by atoms with van der Waals surface area (Å²) in [7, 11) is -0.778. The van der Waals surface area contributed by atoms with Crippen molar-refractivity contribution in [3.05, 3.63) is 64.0 Å². The Labute approximate surface area is 138 Å². The molecule has 0 spiro atoms. The van der Waals surface area contributed by atoms with E-state index >= 15 is 0 Å². The highest BCUT2D eigenvalue weighted by Crippen LogP contribution is 2.28. The predicted molar refractivity (Wildman–Crippen MR) is 84.7 cm³/mol. The molecule has 0 aliphatic heterocycles. The van der Waals surface area contributed by atoms with Crippen LogP contribution in [0.25, 0.3) is 0 Å². The molecule has 24 heavy (non-hydrogen) atoms. The Morgan fingerprint density at radius 2 is 1.92 bits per heavy atom. The molecule has 0 radical (unpaired) electrons. The van der Waals surface area contributed by atoms with Crippen LogP contribution in [0.4, 0.5) is 10.1 Å². The highest BCUT2D eigenvalue weighted by molar-refractivity contribution is 7.89. The maximum absolute atomic E-state index is 13.3. The first kappa shape index (κ1) is 17.8. The van der Waals surface area contributed by atoms with Crippen LogP contribution in [0.3, 0.4) is 0 Å². The zero-order valence-corrected chi connectivity index (χ0v) is 13.8. The van der Waals surface area contributed by atoms with Gasteiger partial charge in [0.1, 0.15) is 12.4 Å². The van der Waals surface area contributed by atoms with Gasteiger partial charge in [0.25, 0.3) is 0 Å². The number of hydrogen-bond acceptors (Lipinski definition) is 5. The number of ether oxygens (including phenoxy) is 1. The van der Waals surface area contributed by atoms with Crippen molar-refractivity contribution in [3.63, 3.8) is 0 Å². The Balaban J connectivity index is 2.25. The molecule has 2 aromatic carbocycles. The largest absolute Gasteiger partial charge is 0.482 e. The molecule has 0 saturated carbocycles. The quantitative estimate of drug-likeness (QED) is 0.587. The third-order valence-corrected chi connectivity index (χ3v) is 5.00. The SMILES string of the molecule is CN(C)S(=O)(=O)c1cccc(COc2cc(F)ccc2[N+](=O)[O-])c1. The molecule has 0 saturated heterocycles. The molecule has 0 aliphatic rings. The van der Waals surface area contributed by atoms with Gasteiger partial charge in [-0.15, -0.1) is 0 Å². The number of rotatable bonds is 6. The van der Waals surface area contributed by atoms with E-state index in [2.05, 4.69) is 0 Å². The van der Waals surface area contributed by atoms with E-state index in [1.165, 1.54) is 32.3 Å². The third-order valence-electron chi connectivity index (χ3n) is 3.19. The van der Waals surface area contributed by atoms with Crippen LogP contribution in [0.15, 0.2) is 47.4 Å². The fraction of sp³-hybridized carbons (Fsp3) is 0.200. The van der Waals surface area contributed by atoms with Gasteiger partial charge >= 0.3 is 5.69 Å². The molecule has 9 heteroatoms. The van der Waals surface area contributed by atoms with Crippen LogP contribution < -0.4 is 4.74 Å². The van der Waals surface area contributed by atoms with Gasteiger partial charge in [0.15, 0.2) is 5.75 Å². The average molecular weight is 354 g/mol. The molecule has 0 aliphatic carbocycles. The Hall–Kier alpha value is -2.52. The zero-order valence-electron chi connectivity index (χ0n) is 13.0. The Bertz CT molecular complexity index is 868. The molecule has 2 rings (SSSR count). The van der Waals surface area contributed by atoms with E-state index < -0.39 is 20.8 Å². The number of nitro benzene ring substituents is 1. The lowest BCUT2D eigenvalue weighted by molar-refractivity contribution is -0.386. The van der Waals surface area contributed by atoms with Crippen LogP contribution in [0.1, 0.15) is 5.56 Å². The minimum atomic E-state index is -3.60. The Kier molecular flexibility index (Phi) is 5.15. The summed E-state index contributed by atoms with van der Waals surface area (Å²) in [4.78, 5) is 10.3. The van der Waals surface area contributed by atoms with Crippen molar-refractivity contribution in [1.29, 1.82) is 0 Å². The number of nitrogens with zero attached hydrogens (tertiary/aromatic N) is 2. The van der Waals surface area contributed by atoms with Gasteiger partial charge in [0.2, 0.25) is 10.0 Å². The number of halogens is 1. The topological polar surface area (TPSA) is 89.8 Å². The Morgan fingerprint density at radius 1 is 1.21 bits per heavy atom. The average Bonchev–Trinajstić information content (AvgIpc) is 2.52. The second kappa shape index (κ2) is 6.93. The highest BCUT2D eigenvalue weighted by Gasteiger charge is 2.18. The Morgan fingerprint density at radius 3 is 2.54 bits per heavy atom. The lowest BCUT2D eigenvalue weighted by Crippen LogP contribution is -2.22. The molecule has 0 amide bonds. The molecule has 7 nitrogen and oxygen atoms in total. The monoisotopic (exact) mass is 354 g/mol. The van der Waals surface area contributed by atoms with E-state index in [-0.39, 0.29) is 22.9 Å². The number of benzene rings is 2. The van der Waals surface area contributed by atoms with Crippen molar-refractivity contribution in [2.24, 2.45) is 0 Å². The normalized spacial score (nSPS) is 11.5. The minimum absolute atomic E-state index is 0.0716. The summed E-state index contributed by atoms with van der Waals surface area (Å²) in [5, 5.41) is 10.9. The first-order valence-electron chi connectivity index (χ1n) is 6.80. The zero-order chi connectivity index (χ0) is 17.9. The van der Waals surface area contributed by atoms with Gasteiger partial charge < -0.3 is 4.74 Å². The molecule has 0 heterocycles. The van der Waals surface area contributed by atoms with Crippen molar-refractivity contribution in [3.8, 4) is 5.75 Å². The summed E-state index contributed by atoms with van der Waals surface area (Å²) in [6.07, 6.45) is 0. The molecule has 0 unspecified atom stereocenters. The maximum atomic E-state index is 13.3. The second-order valence-electron chi connectivity index (χ2n) is 5.09. The summed E-state index contributed by atoms with van der Waals surface area (Å²) in [5.41, 5.74) is 0.116. The molecule has 0 bridgehead atoms. The lowest BCUT2D eigenvalue weighted by Gasteiger charge is -2.12. The van der Waals surface area contributed by atoms with Gasteiger partial charge in [-0.3, -0.25) is 10.1 Å². The van der Waals surface area contributed by atoms with Gasteiger partial charge in [-0.05, 0) is 23.8 Å². The first-order chi connectivity index (χ1) is 11.2. The number of sulfonamides is 1. The standard InChI is InChI=1S/C15H15FN2O5S/c1-17(2)24(21,22)13-5-3-4-11(8-13)10-23-15-9-12(16)6-7-14(15)18(19)20/h3-9H,10H2,1-2H3. The van der Waals surface area contributed by atoms with Crippen LogP contribution >= 0.6 is 0 Å². The van der Waals surface area contributed by atoms with Crippen LogP contribution in [0, 0.1) is 15.9 Å². The predicted octanol–water partition coefficient (Wildman–Crippen LogP) is 2.56. The van der Waals surface area contributed by atoms with Crippen molar-refractivity contribution in [1.82, 2.24) is 4.31 Å². The fourth-order valence-corrected chi connectivity index (χ4v) is 2.89. The van der Waals surface area contributed by atoms with Gasteiger partial charge in [-0.1, -0.05) is 12.1 Å². The van der Waals surface area contributed by atoms with Crippen molar-refractivity contribution in [2.45, 2.75) is 11.5 Å². The molecule has 0 atom stereocenters. The molecular weight excluding hydrogens is 339 g/mol. The van der Waals surface area contributed by atoms with Crippen LogP contribution in [-0.2, 0) is 16.6 Å². The van der Waals surface area contributed by atoms with E-state index in [1.807, 2.05) is 0 Å². The first-order valence-corrected chi connectivity index (χ1v) is 8.24. The van der Waals surface area contributed by atoms with Crippen molar-refractivity contribution in [2.75, 3.05) is 14.1 Å². The fourth-order valence-electron chi connectivity index (χ4n) is 1.92. The molecule has 0 aromatic heterocycles. The smallest absolute Gasteiger partial charge is 0.311 e. The number of nitro groups is 1. The van der Waals surface area contributed by atoms with E-state index in [4.69, 9.17) is 4.74 Å². The van der Waals surface area contributed by atoms with Crippen molar-refractivity contribution >= 4 is 15.7 Å². The van der Waals surface area contributed by atoms with Crippen LogP contribution in [0.2, 0.25) is 0 Å².